The molecule has 0 spiro atoms. The maximum atomic E-state index is 17.4. The lowest BCUT2D eigenvalue weighted by molar-refractivity contribution is 0.604. The molecule has 0 unspecified atom stereocenters. The molecule has 0 bridgehead atoms. The van der Waals surface area contributed by atoms with Gasteiger partial charge >= 0.3 is 0 Å². The summed E-state index contributed by atoms with van der Waals surface area (Å²) in [6.45, 7) is 13.7. The molecule has 78 heavy (non-hydrogen) atoms. The quantitative estimate of drug-likeness (QED) is 0.0683. The van der Waals surface area contributed by atoms with Gasteiger partial charge in [0.15, 0.2) is 0 Å². The largest absolute Gasteiger partial charge is 0.307 e. The zero-order chi connectivity index (χ0) is 54.0. The van der Waals surface area contributed by atoms with Crippen molar-refractivity contribution in [2.24, 2.45) is 0 Å². The van der Waals surface area contributed by atoms with Gasteiger partial charge in [0.05, 0.1) is 38.9 Å². The maximum absolute atomic E-state index is 17.4. The van der Waals surface area contributed by atoms with Gasteiger partial charge in [-0.2, -0.15) is 0 Å². The molecule has 0 aliphatic heterocycles. The predicted octanol–water partition coefficient (Wildman–Crippen LogP) is 19.8. The number of rotatable bonds is 12. The molecule has 0 amide bonds. The van der Waals surface area contributed by atoms with Crippen molar-refractivity contribution in [1.82, 2.24) is 0 Å². The van der Waals surface area contributed by atoms with Crippen LogP contribution in [0.15, 0.2) is 231 Å². The molecule has 0 radical (unpaired) electrons. The Morgan fingerprint density at radius 1 is 0.282 bits per heavy atom. The number of benzene rings is 12. The highest BCUT2D eigenvalue weighted by atomic mass is 28.3. The van der Waals surface area contributed by atoms with Gasteiger partial charge in [-0.25, -0.2) is 17.6 Å². The van der Waals surface area contributed by atoms with Crippen molar-refractivity contribution in [2.75, 3.05) is 9.80 Å². The summed E-state index contributed by atoms with van der Waals surface area (Å²) >= 11 is 0. The lowest BCUT2D eigenvalue weighted by Crippen LogP contribution is -2.37. The van der Waals surface area contributed by atoms with Crippen LogP contribution in [-0.2, 0) is 0 Å². The van der Waals surface area contributed by atoms with E-state index in [9.17, 15) is 0 Å². The van der Waals surface area contributed by atoms with Gasteiger partial charge in [0.2, 0.25) is 0 Å². The molecule has 0 heterocycles. The molecule has 0 saturated heterocycles. The lowest BCUT2D eigenvalue weighted by Gasteiger charge is -2.30. The minimum atomic E-state index is -1.75. The second kappa shape index (κ2) is 19.8. The van der Waals surface area contributed by atoms with Crippen LogP contribution < -0.4 is 20.2 Å². The van der Waals surface area contributed by atoms with Crippen molar-refractivity contribution in [1.29, 1.82) is 0 Å². The average molecular weight is 1060 g/mol. The molecule has 0 fully saturated rings. The van der Waals surface area contributed by atoms with E-state index >= 15 is 17.6 Å². The molecule has 2 nitrogen and oxygen atoms in total. The second-order valence-corrected chi connectivity index (χ2v) is 32.5. The van der Waals surface area contributed by atoms with Crippen LogP contribution in [0, 0.1) is 23.3 Å². The molecule has 0 aliphatic carbocycles. The summed E-state index contributed by atoms with van der Waals surface area (Å²) in [4.78, 5) is 3.65. The van der Waals surface area contributed by atoms with E-state index in [1.807, 2.05) is 180 Å². The topological polar surface area (TPSA) is 6.48 Å². The van der Waals surface area contributed by atoms with Crippen molar-refractivity contribution in [3.8, 4) is 44.5 Å². The molecule has 0 aliphatic rings. The third-order valence-corrected chi connectivity index (χ3v) is 19.3. The Morgan fingerprint density at radius 2 is 0.628 bits per heavy atom. The first-order chi connectivity index (χ1) is 37.6. The summed E-state index contributed by atoms with van der Waals surface area (Å²) in [5.74, 6) is -2.28. The Morgan fingerprint density at radius 3 is 1.00 bits per heavy atom. The number of hydrogen-bond acceptors (Lipinski definition) is 2. The van der Waals surface area contributed by atoms with Crippen LogP contribution in [0.1, 0.15) is 0 Å². The standard InChI is InChI=1S/C70H56F4N2Si2/c1-77(2,3)55-31-27-53(28-32-55)75(67-43-61(71)59(41-63(67)73)51-21-13-19-49(39-51)45-15-9-7-10-16-45)65-37-25-47-24-36-58-66(38-26-48-23-35-57(65)69(47)70(48)58)76(54-29-33-56(34-30-54)78(4,5)6)68-44-62(72)60(42-64(68)74)52-22-14-20-50(40-52)46-17-11-8-12-18-46/h7-44H,1-6H3. The van der Waals surface area contributed by atoms with E-state index < -0.39 is 39.4 Å². The van der Waals surface area contributed by atoms with E-state index in [2.05, 4.69) is 75.7 Å². The number of hydrogen-bond donors (Lipinski definition) is 0. The van der Waals surface area contributed by atoms with Gasteiger partial charge in [-0.1, -0.05) is 207 Å². The van der Waals surface area contributed by atoms with E-state index in [0.717, 1.165) is 54.6 Å². The first-order valence-corrected chi connectivity index (χ1v) is 33.4. The maximum Gasteiger partial charge on any atom is 0.148 e. The zero-order valence-electron chi connectivity index (χ0n) is 44.3. The van der Waals surface area contributed by atoms with Crippen LogP contribution in [0.2, 0.25) is 39.3 Å². The predicted molar refractivity (Wildman–Crippen MR) is 327 cm³/mol. The van der Waals surface area contributed by atoms with Crippen LogP contribution in [0.25, 0.3) is 76.8 Å². The number of nitrogens with zero attached hydrogens (tertiary/aromatic N) is 2. The molecule has 0 atom stereocenters. The first-order valence-electron chi connectivity index (χ1n) is 26.4. The van der Waals surface area contributed by atoms with Crippen LogP contribution in [0.5, 0.6) is 0 Å². The monoisotopic (exact) mass is 1060 g/mol. The Hall–Kier alpha value is -8.57. The second-order valence-electron chi connectivity index (χ2n) is 22.3. The molecule has 0 aromatic heterocycles. The summed E-state index contributed by atoms with van der Waals surface area (Å²) in [6, 6.07) is 72.7. The van der Waals surface area contributed by atoms with E-state index in [1.54, 1.807) is 0 Å². The zero-order valence-corrected chi connectivity index (χ0v) is 46.3. The fourth-order valence-electron chi connectivity index (χ4n) is 11.0. The average Bonchev–Trinajstić information content (AvgIpc) is 3.57. The van der Waals surface area contributed by atoms with Gasteiger partial charge in [0.1, 0.15) is 23.3 Å². The molecule has 8 heteroatoms. The van der Waals surface area contributed by atoms with Crippen LogP contribution >= 0.6 is 0 Å². The van der Waals surface area contributed by atoms with Gasteiger partial charge in [0.25, 0.3) is 0 Å². The van der Waals surface area contributed by atoms with Crippen molar-refractivity contribution in [3.63, 3.8) is 0 Å². The fourth-order valence-corrected chi connectivity index (χ4v) is 13.4. The van der Waals surface area contributed by atoms with Gasteiger partial charge in [0, 0.05) is 45.4 Å². The molecule has 12 aromatic rings. The van der Waals surface area contributed by atoms with Gasteiger partial charge in [-0.3, -0.25) is 0 Å². The molecule has 382 valence electrons. The van der Waals surface area contributed by atoms with Gasteiger partial charge < -0.3 is 9.80 Å². The summed E-state index contributed by atoms with van der Waals surface area (Å²) < 4.78 is 68.7. The van der Waals surface area contributed by atoms with Crippen molar-refractivity contribution in [2.45, 2.75) is 39.3 Å². The van der Waals surface area contributed by atoms with Crippen LogP contribution in [0.3, 0.4) is 0 Å². The molecule has 0 saturated carbocycles. The van der Waals surface area contributed by atoms with E-state index in [0.29, 0.717) is 33.9 Å². The molecule has 0 N–H and O–H groups in total. The smallest absolute Gasteiger partial charge is 0.148 e. The van der Waals surface area contributed by atoms with Crippen molar-refractivity contribution >= 4 is 93.0 Å². The highest BCUT2D eigenvalue weighted by Gasteiger charge is 2.28. The van der Waals surface area contributed by atoms with Crippen molar-refractivity contribution in [3.05, 3.63) is 254 Å². The Labute approximate surface area is 455 Å². The fraction of sp³-hybridized carbons (Fsp3) is 0.0857. The molecule has 12 aromatic carbocycles. The molecule has 12 rings (SSSR count). The van der Waals surface area contributed by atoms with E-state index in [1.165, 1.54) is 34.6 Å². The van der Waals surface area contributed by atoms with Crippen LogP contribution in [0.4, 0.5) is 51.7 Å². The SMILES string of the molecule is C[Si](C)(C)c1ccc(N(c2cc(F)c(-c3cccc(-c4ccccc4)c3)cc2F)c2ccc3ccc4c(N(c5ccc([Si](C)(C)C)cc5)c5cc(F)c(-c6cccc(-c7ccccc7)c6)cc5F)ccc5ccc2c3c54)cc1. The summed E-state index contributed by atoms with van der Waals surface area (Å²) in [7, 11) is -3.49. The lowest BCUT2D eigenvalue weighted by atomic mass is 9.91. The summed E-state index contributed by atoms with van der Waals surface area (Å²) in [5, 5.41) is 7.75. The summed E-state index contributed by atoms with van der Waals surface area (Å²) in [6.07, 6.45) is 0. The minimum absolute atomic E-state index is 0.0626. The normalized spacial score (nSPS) is 12.0. The van der Waals surface area contributed by atoms with E-state index in [-0.39, 0.29) is 22.5 Å². The highest BCUT2D eigenvalue weighted by Crippen LogP contribution is 2.49. The number of halogens is 4. The Balaban J connectivity index is 1.03. The molecular formula is C70H56F4N2Si2. The first kappa shape index (κ1) is 50.3. The van der Waals surface area contributed by atoms with Gasteiger partial charge in [-0.05, 0) is 116 Å². The Bertz CT molecular complexity index is 3930. The van der Waals surface area contributed by atoms with Gasteiger partial charge in [-0.15, -0.1) is 0 Å². The minimum Gasteiger partial charge on any atom is -0.307 e. The highest BCUT2D eigenvalue weighted by molar-refractivity contribution is 6.89. The molecular weight excluding hydrogens is 1000 g/mol. The summed E-state index contributed by atoms with van der Waals surface area (Å²) in [5.41, 5.74) is 7.98. The number of anilines is 6. The van der Waals surface area contributed by atoms with Crippen molar-refractivity contribution < 1.29 is 17.6 Å². The van der Waals surface area contributed by atoms with Crippen LogP contribution in [-0.4, -0.2) is 16.1 Å². The third kappa shape index (κ3) is 9.24. The van der Waals surface area contributed by atoms with E-state index in [4.69, 9.17) is 0 Å². The third-order valence-electron chi connectivity index (χ3n) is 15.2. The Kier molecular flexibility index (Phi) is 12.7.